The Bertz CT molecular complexity index is 908. The predicted molar refractivity (Wildman–Crippen MR) is 219 cm³/mol. The largest absolute Gasteiger partial charge is 0.394 e. The Labute approximate surface area is 334 Å². The van der Waals surface area contributed by atoms with E-state index in [0.29, 0.717) is 12.8 Å². The molecule has 0 aromatic heterocycles. The zero-order chi connectivity index (χ0) is 40.5. The summed E-state index contributed by atoms with van der Waals surface area (Å²) >= 11 is 0. The van der Waals surface area contributed by atoms with Gasteiger partial charge in [0.1, 0.15) is 36.6 Å². The summed E-state index contributed by atoms with van der Waals surface area (Å²) < 4.78 is 11.1. The third-order valence-corrected chi connectivity index (χ3v) is 11.1. The van der Waals surface area contributed by atoms with Gasteiger partial charge in [-0.25, -0.2) is 0 Å². The zero-order valence-corrected chi connectivity index (χ0v) is 34.9. The highest BCUT2D eigenvalue weighted by Gasteiger charge is 2.44. The van der Waals surface area contributed by atoms with E-state index in [-0.39, 0.29) is 12.8 Å². The van der Waals surface area contributed by atoms with Gasteiger partial charge in [-0.2, -0.15) is 0 Å². The number of allylic oxidation sites excluding steroid dienone is 2. The van der Waals surface area contributed by atoms with Crippen molar-refractivity contribution in [1.29, 1.82) is 0 Å². The number of nitrogens with one attached hydrogen (secondary N) is 1. The van der Waals surface area contributed by atoms with Crippen LogP contribution in [0.4, 0.5) is 0 Å². The van der Waals surface area contributed by atoms with Gasteiger partial charge in [-0.3, -0.25) is 4.79 Å². The van der Waals surface area contributed by atoms with E-state index < -0.39 is 74.2 Å². The molecule has 11 nitrogen and oxygen atoms in total. The maximum Gasteiger partial charge on any atom is 0.249 e. The van der Waals surface area contributed by atoms with Gasteiger partial charge < -0.3 is 50.5 Å². The van der Waals surface area contributed by atoms with Crippen molar-refractivity contribution in [2.75, 3.05) is 13.2 Å². The number of aliphatic hydroxyl groups excluding tert-OH is 7. The van der Waals surface area contributed by atoms with Crippen molar-refractivity contribution in [3.8, 4) is 0 Å². The first kappa shape index (κ1) is 51.9. The van der Waals surface area contributed by atoms with Crippen LogP contribution in [0.2, 0.25) is 0 Å². The van der Waals surface area contributed by atoms with Crippen molar-refractivity contribution in [1.82, 2.24) is 5.32 Å². The highest BCUT2D eigenvalue weighted by Crippen LogP contribution is 2.23. The topological polar surface area (TPSA) is 189 Å². The summed E-state index contributed by atoms with van der Waals surface area (Å²) in [6.07, 6.45) is 24.1. The third-order valence-electron chi connectivity index (χ3n) is 11.1. The van der Waals surface area contributed by atoms with Crippen LogP contribution in [-0.4, -0.2) is 110 Å². The van der Waals surface area contributed by atoms with Crippen molar-refractivity contribution < 1.29 is 50.0 Å². The number of unbranched alkanes of at least 4 members (excludes halogenated alkanes) is 23. The van der Waals surface area contributed by atoms with Crippen molar-refractivity contribution >= 4 is 5.91 Å². The molecule has 1 amide bonds. The lowest BCUT2D eigenvalue weighted by molar-refractivity contribution is -0.303. The molecule has 1 unspecified atom stereocenters. The predicted octanol–water partition coefficient (Wildman–Crippen LogP) is 6.89. The van der Waals surface area contributed by atoms with Crippen LogP contribution < -0.4 is 5.32 Å². The third kappa shape index (κ3) is 25.1. The number of hydrogen-bond donors (Lipinski definition) is 8. The minimum absolute atomic E-state index is 0.258. The van der Waals surface area contributed by atoms with Crippen molar-refractivity contribution in [3.63, 3.8) is 0 Å². The second-order valence-electron chi connectivity index (χ2n) is 16.1. The number of rotatable bonds is 37. The Hall–Kier alpha value is -1.15. The summed E-state index contributed by atoms with van der Waals surface area (Å²) in [5.41, 5.74) is 0. The summed E-state index contributed by atoms with van der Waals surface area (Å²) in [5.74, 6) is -0.706. The second kappa shape index (κ2) is 34.9. The lowest BCUT2D eigenvalue weighted by Crippen LogP contribution is -2.60. The Morgan fingerprint density at radius 1 is 0.618 bits per heavy atom. The molecular formula is C44H85NO10. The van der Waals surface area contributed by atoms with E-state index in [1.165, 1.54) is 116 Å². The Kier molecular flexibility index (Phi) is 32.9. The summed E-state index contributed by atoms with van der Waals surface area (Å²) in [6.45, 7) is 3.41. The fourth-order valence-electron chi connectivity index (χ4n) is 7.26. The molecule has 0 radical (unpaired) electrons. The van der Waals surface area contributed by atoms with Gasteiger partial charge in [0, 0.05) is 0 Å². The number of aliphatic hydroxyl groups is 7. The summed E-state index contributed by atoms with van der Waals surface area (Å²) in [5, 5.41) is 75.5. The van der Waals surface area contributed by atoms with Crippen LogP contribution in [0.5, 0.6) is 0 Å². The number of carbonyl (C=O) groups excluding carboxylic acids is 1. The lowest BCUT2D eigenvalue weighted by Gasteiger charge is -2.40. The molecule has 1 saturated heterocycles. The summed E-state index contributed by atoms with van der Waals surface area (Å²) in [7, 11) is 0. The van der Waals surface area contributed by atoms with Gasteiger partial charge in [-0.15, -0.1) is 0 Å². The molecule has 326 valence electrons. The first-order valence-corrected chi connectivity index (χ1v) is 22.6. The van der Waals surface area contributed by atoms with Crippen molar-refractivity contribution in [2.24, 2.45) is 0 Å². The molecule has 8 N–H and O–H groups in total. The minimum atomic E-state index is -1.66. The molecule has 1 aliphatic heterocycles. The van der Waals surface area contributed by atoms with Crippen LogP contribution in [0.1, 0.15) is 194 Å². The van der Waals surface area contributed by atoms with E-state index in [4.69, 9.17) is 9.47 Å². The molecule has 0 saturated carbocycles. The standard InChI is InChI=1S/C44H85NO10/c1-3-5-7-9-11-13-15-17-18-19-20-22-24-26-28-30-32-37(48)43(53)45-35(34-54-44-42(52)41(51)40(50)38(33-46)55-44)39(49)36(47)31-29-27-25-23-21-16-14-12-10-8-6-4-2/h23,25,35-42,44,46-52H,3-22,24,26-34H2,1-2H3,(H,45,53)/b25-23-/t35-,36+,37?,38+,39-,40+,41-,42+,44+/m0/s1. The normalized spacial score (nSPS) is 22.5. The Balaban J connectivity index is 2.48. The maximum atomic E-state index is 13.0. The van der Waals surface area contributed by atoms with Crippen LogP contribution in [-0.2, 0) is 14.3 Å². The first-order chi connectivity index (χ1) is 26.7. The molecule has 0 spiro atoms. The van der Waals surface area contributed by atoms with Crippen LogP contribution in [0.15, 0.2) is 12.2 Å². The molecule has 0 bridgehead atoms. The SMILES string of the molecule is CCCCCCCCC/C=C\CCC[C@@H](O)[C@@H](O)[C@H](CO[C@@H]1O[C@H](CO)[C@@H](O)[C@H](O)[C@H]1O)NC(=O)C(O)CCCCCCCCCCCCCCCCCC. The maximum absolute atomic E-state index is 13.0. The lowest BCUT2D eigenvalue weighted by atomic mass is 9.98. The van der Waals surface area contributed by atoms with Gasteiger partial charge >= 0.3 is 0 Å². The molecule has 1 aliphatic rings. The Morgan fingerprint density at radius 2 is 1.07 bits per heavy atom. The molecular weight excluding hydrogens is 702 g/mol. The molecule has 1 fully saturated rings. The van der Waals surface area contributed by atoms with Crippen LogP contribution >= 0.6 is 0 Å². The number of hydrogen-bond acceptors (Lipinski definition) is 10. The van der Waals surface area contributed by atoms with Crippen LogP contribution in [0.3, 0.4) is 0 Å². The quantitative estimate of drug-likeness (QED) is 0.0243. The smallest absolute Gasteiger partial charge is 0.249 e. The van der Waals surface area contributed by atoms with Gasteiger partial charge in [0.15, 0.2) is 6.29 Å². The van der Waals surface area contributed by atoms with Gasteiger partial charge in [0.25, 0.3) is 0 Å². The average molecular weight is 788 g/mol. The molecule has 1 rings (SSSR count). The molecule has 0 aliphatic carbocycles. The second-order valence-corrected chi connectivity index (χ2v) is 16.1. The molecule has 11 heteroatoms. The fraction of sp³-hybridized carbons (Fsp3) is 0.932. The monoisotopic (exact) mass is 788 g/mol. The average Bonchev–Trinajstić information content (AvgIpc) is 3.18. The molecule has 9 atom stereocenters. The van der Waals surface area contributed by atoms with Crippen LogP contribution in [0.25, 0.3) is 0 Å². The van der Waals surface area contributed by atoms with Crippen molar-refractivity contribution in [2.45, 2.75) is 249 Å². The molecule has 0 aromatic rings. The van der Waals surface area contributed by atoms with Gasteiger partial charge in [0.2, 0.25) is 5.91 Å². The van der Waals surface area contributed by atoms with E-state index in [0.717, 1.165) is 38.5 Å². The van der Waals surface area contributed by atoms with E-state index in [1.54, 1.807) is 0 Å². The zero-order valence-electron chi connectivity index (χ0n) is 34.9. The highest BCUT2D eigenvalue weighted by molar-refractivity contribution is 5.80. The highest BCUT2D eigenvalue weighted by atomic mass is 16.7. The van der Waals surface area contributed by atoms with E-state index in [2.05, 4.69) is 31.3 Å². The summed E-state index contributed by atoms with van der Waals surface area (Å²) in [4.78, 5) is 13.0. The number of carbonyl (C=O) groups is 1. The summed E-state index contributed by atoms with van der Waals surface area (Å²) in [6, 6.07) is -1.18. The van der Waals surface area contributed by atoms with Gasteiger partial charge in [-0.1, -0.05) is 167 Å². The van der Waals surface area contributed by atoms with Crippen LogP contribution in [0, 0.1) is 0 Å². The van der Waals surface area contributed by atoms with E-state index in [9.17, 15) is 40.5 Å². The number of ether oxygens (including phenoxy) is 2. The van der Waals surface area contributed by atoms with Crippen molar-refractivity contribution in [3.05, 3.63) is 12.2 Å². The van der Waals surface area contributed by atoms with E-state index >= 15 is 0 Å². The van der Waals surface area contributed by atoms with Gasteiger partial charge in [0.05, 0.1) is 25.4 Å². The number of amides is 1. The van der Waals surface area contributed by atoms with Gasteiger partial charge in [-0.05, 0) is 38.5 Å². The first-order valence-electron chi connectivity index (χ1n) is 22.6. The fourth-order valence-corrected chi connectivity index (χ4v) is 7.26. The molecule has 0 aromatic carbocycles. The minimum Gasteiger partial charge on any atom is -0.394 e. The molecule has 1 heterocycles. The molecule has 55 heavy (non-hydrogen) atoms. The van der Waals surface area contributed by atoms with E-state index in [1.807, 2.05) is 0 Å². The Morgan fingerprint density at radius 3 is 1.56 bits per heavy atom.